The second-order valence-corrected chi connectivity index (χ2v) is 14.3. The number of ether oxygens (including phenoxy) is 2. The minimum atomic E-state index is -5.05. The Labute approximate surface area is 314 Å². The van der Waals surface area contributed by atoms with Crippen LogP contribution in [0.4, 0.5) is 18.9 Å². The summed E-state index contributed by atoms with van der Waals surface area (Å²) in [6, 6.07) is 32.8. The van der Waals surface area contributed by atoms with Crippen molar-refractivity contribution in [2.24, 2.45) is 5.92 Å². The van der Waals surface area contributed by atoms with E-state index in [1.807, 2.05) is 84.9 Å². The first-order valence-corrected chi connectivity index (χ1v) is 18.6. The van der Waals surface area contributed by atoms with E-state index in [9.17, 15) is 27.9 Å². The maximum Gasteiger partial charge on any atom is 0.471 e. The van der Waals surface area contributed by atoms with E-state index in [0.717, 1.165) is 27.9 Å². The zero-order valence-electron chi connectivity index (χ0n) is 29.2. The van der Waals surface area contributed by atoms with Gasteiger partial charge in [0.1, 0.15) is 11.7 Å². The molecule has 0 aliphatic carbocycles. The van der Waals surface area contributed by atoms with E-state index < -0.39 is 30.3 Å². The summed E-state index contributed by atoms with van der Waals surface area (Å²) < 4.78 is 58.9. The number of benzene rings is 4. The summed E-state index contributed by atoms with van der Waals surface area (Å²) in [5.41, 5.74) is 5.29. The first-order valence-electron chi connectivity index (χ1n) is 17.6. The molecule has 0 spiro atoms. The van der Waals surface area contributed by atoms with Crippen molar-refractivity contribution in [1.82, 2.24) is 9.88 Å². The van der Waals surface area contributed by atoms with Gasteiger partial charge in [-0.1, -0.05) is 116 Å². The molecular formula is C41H38F3N3O6S. The van der Waals surface area contributed by atoms with E-state index in [1.54, 1.807) is 24.3 Å². The number of aromatic nitrogens is 1. The van der Waals surface area contributed by atoms with Crippen LogP contribution in [0.5, 0.6) is 0 Å². The van der Waals surface area contributed by atoms with Crippen LogP contribution in [0.3, 0.4) is 0 Å². The van der Waals surface area contributed by atoms with Gasteiger partial charge in [0, 0.05) is 40.6 Å². The van der Waals surface area contributed by atoms with Crippen LogP contribution in [0.25, 0.3) is 22.6 Å². The Morgan fingerprint density at radius 2 is 1.54 bits per heavy atom. The lowest BCUT2D eigenvalue weighted by Crippen LogP contribution is -2.48. The summed E-state index contributed by atoms with van der Waals surface area (Å²) >= 11 is 1.44. The lowest BCUT2D eigenvalue weighted by molar-refractivity contribution is -0.268. The number of hydrogen-bond acceptors (Lipinski definition) is 8. The molecule has 0 bridgehead atoms. The molecule has 3 heterocycles. The average molecular weight is 758 g/mol. The third-order valence-electron chi connectivity index (χ3n) is 9.69. The molecule has 2 amide bonds. The van der Waals surface area contributed by atoms with Crippen LogP contribution in [0.1, 0.15) is 48.8 Å². The molecular weight excluding hydrogens is 720 g/mol. The smallest absolute Gasteiger partial charge is 0.431 e. The van der Waals surface area contributed by atoms with E-state index in [0.29, 0.717) is 39.3 Å². The van der Waals surface area contributed by atoms with Gasteiger partial charge in [-0.2, -0.15) is 13.2 Å². The number of nitrogens with one attached hydrogen (secondary N) is 1. The van der Waals surface area contributed by atoms with Gasteiger partial charge in [-0.15, -0.1) is 0 Å². The Bertz CT molecular complexity index is 1990. The first kappa shape index (κ1) is 37.4. The third-order valence-corrected chi connectivity index (χ3v) is 10.6. The first-order chi connectivity index (χ1) is 26.1. The molecule has 5 atom stereocenters. The monoisotopic (exact) mass is 757 g/mol. The van der Waals surface area contributed by atoms with Crippen molar-refractivity contribution in [2.75, 3.05) is 17.6 Å². The van der Waals surface area contributed by atoms with Crippen molar-refractivity contribution < 1.29 is 41.8 Å². The molecule has 54 heavy (non-hydrogen) atoms. The van der Waals surface area contributed by atoms with Gasteiger partial charge in [-0.05, 0) is 36.1 Å². The summed E-state index contributed by atoms with van der Waals surface area (Å²) in [5, 5.41) is 12.8. The topological polar surface area (TPSA) is 114 Å². The van der Waals surface area contributed by atoms with Crippen LogP contribution < -0.4 is 5.32 Å². The van der Waals surface area contributed by atoms with Crippen molar-refractivity contribution in [1.29, 1.82) is 0 Å². The maximum absolute atomic E-state index is 13.1. The van der Waals surface area contributed by atoms with Gasteiger partial charge in [-0.25, -0.2) is 4.98 Å². The molecule has 2 saturated heterocycles. The molecule has 280 valence electrons. The van der Waals surface area contributed by atoms with Crippen molar-refractivity contribution in [2.45, 2.75) is 62.3 Å². The fourth-order valence-corrected chi connectivity index (χ4v) is 7.78. The Kier molecular flexibility index (Phi) is 11.2. The van der Waals surface area contributed by atoms with Crippen molar-refractivity contribution in [3.05, 3.63) is 126 Å². The van der Waals surface area contributed by atoms with Crippen molar-refractivity contribution in [3.8, 4) is 22.6 Å². The molecule has 9 nitrogen and oxygen atoms in total. The van der Waals surface area contributed by atoms with Gasteiger partial charge in [0.15, 0.2) is 12.1 Å². The number of rotatable bonds is 10. The van der Waals surface area contributed by atoms with Crippen LogP contribution in [-0.4, -0.2) is 57.4 Å². The third kappa shape index (κ3) is 8.24. The van der Waals surface area contributed by atoms with E-state index in [1.165, 1.54) is 11.8 Å². The second kappa shape index (κ2) is 16.2. The summed E-state index contributed by atoms with van der Waals surface area (Å²) in [6.07, 6.45) is -6.13. The van der Waals surface area contributed by atoms with Crippen LogP contribution in [0, 0.1) is 5.92 Å². The Morgan fingerprint density at radius 1 is 0.889 bits per heavy atom. The molecule has 7 rings (SSSR count). The van der Waals surface area contributed by atoms with Gasteiger partial charge in [-0.3, -0.25) is 9.59 Å². The summed E-state index contributed by atoms with van der Waals surface area (Å²) in [6.45, 7) is 1.84. The van der Waals surface area contributed by atoms with E-state index >= 15 is 0 Å². The number of oxazole rings is 1. The molecule has 0 saturated carbocycles. The van der Waals surface area contributed by atoms with Crippen LogP contribution in [0.15, 0.2) is 119 Å². The van der Waals surface area contributed by atoms with Gasteiger partial charge in [0.2, 0.25) is 5.91 Å². The minimum Gasteiger partial charge on any atom is -0.431 e. The lowest BCUT2D eigenvalue weighted by atomic mass is 9.91. The maximum atomic E-state index is 13.1. The molecule has 0 unspecified atom stereocenters. The number of thioether (sulfide) groups is 1. The predicted octanol–water partition coefficient (Wildman–Crippen LogP) is 8.58. The average Bonchev–Trinajstić information content (AvgIpc) is 3.86. The van der Waals surface area contributed by atoms with Crippen molar-refractivity contribution >= 4 is 29.3 Å². The predicted molar refractivity (Wildman–Crippen MR) is 197 cm³/mol. The SMILES string of the molecule is C[C@@H]1[C@H](CSc2nc(-c3ccccc3)c(-c3ccccc3)o2)O[C@H](c2ccc(NC(=O)[C@@H]3CCCN3C(=O)C(F)(F)F)cc2)O[C@@H]1c1ccc(CO)cc1. The molecule has 5 aromatic rings. The van der Waals surface area contributed by atoms with Crippen LogP contribution in [0.2, 0.25) is 0 Å². The fourth-order valence-electron chi connectivity index (χ4n) is 6.80. The highest BCUT2D eigenvalue weighted by Gasteiger charge is 2.47. The fraction of sp³-hybridized carbons (Fsp3) is 0.293. The number of anilines is 1. The Morgan fingerprint density at radius 3 is 2.19 bits per heavy atom. The molecule has 1 aromatic heterocycles. The van der Waals surface area contributed by atoms with Gasteiger partial charge in [0.25, 0.3) is 5.22 Å². The number of aliphatic hydroxyl groups is 1. The number of likely N-dealkylation sites (tertiary alicyclic amines) is 1. The quantitative estimate of drug-likeness (QED) is 0.136. The van der Waals surface area contributed by atoms with Crippen LogP contribution >= 0.6 is 11.8 Å². The molecule has 2 aliphatic heterocycles. The highest BCUT2D eigenvalue weighted by atomic mass is 32.2. The number of amides is 2. The second-order valence-electron chi connectivity index (χ2n) is 13.3. The highest BCUT2D eigenvalue weighted by molar-refractivity contribution is 7.99. The van der Waals surface area contributed by atoms with E-state index in [-0.39, 0.29) is 37.7 Å². The highest BCUT2D eigenvalue weighted by Crippen LogP contribution is 2.44. The molecule has 2 aliphatic rings. The lowest BCUT2D eigenvalue weighted by Gasteiger charge is -2.41. The standard InChI is InChI=1S/C41H38F3N3O6S/c1-25-33(24-54-40-46-34(27-9-4-2-5-10-27)36(53-40)28-11-6-3-7-12-28)51-38(52-35(25)29-16-14-26(23-48)15-17-29)30-18-20-31(21-19-30)45-37(49)32-13-8-22-47(32)39(50)41(42,43)44/h2-7,9-12,14-21,25,32-33,35,38,48H,8,13,22-24H2,1H3,(H,45,49)/t25-,32+,33+,35+,38+/m1/s1. The van der Waals surface area contributed by atoms with Crippen LogP contribution in [-0.2, 0) is 25.7 Å². The largest absolute Gasteiger partial charge is 0.471 e. The molecule has 13 heteroatoms. The summed E-state index contributed by atoms with van der Waals surface area (Å²) in [4.78, 5) is 30.4. The minimum absolute atomic E-state index is 0.0846. The number of halogens is 3. The molecule has 2 fully saturated rings. The number of nitrogens with zero attached hydrogens (tertiary/aromatic N) is 2. The van der Waals surface area contributed by atoms with E-state index in [2.05, 4.69) is 12.2 Å². The van der Waals surface area contributed by atoms with Gasteiger partial charge in [0.05, 0.1) is 18.8 Å². The van der Waals surface area contributed by atoms with Crippen molar-refractivity contribution in [3.63, 3.8) is 0 Å². The molecule has 2 N–H and O–H groups in total. The number of alkyl halides is 3. The van der Waals surface area contributed by atoms with Gasteiger partial charge >= 0.3 is 12.1 Å². The Balaban J connectivity index is 1.10. The Hall–Kier alpha value is -4.95. The number of carbonyl (C=O) groups excluding carboxylic acids is 2. The number of carbonyl (C=O) groups is 2. The number of aliphatic hydroxyl groups excluding tert-OH is 1. The summed E-state index contributed by atoms with van der Waals surface area (Å²) in [7, 11) is 0. The normalized spacial score (nSPS) is 21.6. The number of hydrogen-bond donors (Lipinski definition) is 2. The van der Waals surface area contributed by atoms with E-state index in [4.69, 9.17) is 18.9 Å². The van der Waals surface area contributed by atoms with Gasteiger partial charge < -0.3 is 29.2 Å². The molecule has 4 aromatic carbocycles. The molecule has 0 radical (unpaired) electrons. The zero-order chi connectivity index (χ0) is 37.8. The summed E-state index contributed by atoms with van der Waals surface area (Å²) in [5.74, 6) is -1.65. The zero-order valence-corrected chi connectivity index (χ0v) is 30.1.